The minimum absolute atomic E-state index is 0.0365. The number of carbonyl (C=O) groups excluding carboxylic acids is 2. The van der Waals surface area contributed by atoms with Crippen LogP contribution in [0.15, 0.2) is 53.1 Å². The molecule has 0 fully saturated rings. The van der Waals surface area contributed by atoms with E-state index >= 15 is 0 Å². The predicted octanol–water partition coefficient (Wildman–Crippen LogP) is 2.84. The molecule has 1 aliphatic rings. The van der Waals surface area contributed by atoms with Gasteiger partial charge in [-0.25, -0.2) is 0 Å². The Morgan fingerprint density at radius 2 is 1.58 bits per heavy atom. The summed E-state index contributed by atoms with van der Waals surface area (Å²) in [7, 11) is 0. The molecule has 2 heterocycles. The third-order valence-electron chi connectivity index (χ3n) is 3.95. The van der Waals surface area contributed by atoms with Crippen LogP contribution in [0.4, 0.5) is 0 Å². The van der Waals surface area contributed by atoms with Gasteiger partial charge < -0.3 is 4.52 Å². The van der Waals surface area contributed by atoms with Crippen molar-refractivity contribution in [2.75, 3.05) is 0 Å². The van der Waals surface area contributed by atoms with Crippen molar-refractivity contribution < 1.29 is 14.1 Å². The lowest BCUT2D eigenvalue weighted by atomic mass is 10.1. The van der Waals surface area contributed by atoms with Crippen LogP contribution in [0.3, 0.4) is 0 Å². The van der Waals surface area contributed by atoms with E-state index in [1.54, 1.807) is 24.3 Å². The Hall–Kier alpha value is -3.28. The molecule has 2 aromatic carbocycles. The molecule has 3 aromatic rings. The summed E-state index contributed by atoms with van der Waals surface area (Å²) in [5.74, 6) is -0.0296. The van der Waals surface area contributed by atoms with Gasteiger partial charge in [0.15, 0.2) is 0 Å². The summed E-state index contributed by atoms with van der Waals surface area (Å²) in [6.07, 6.45) is 0. The molecule has 2 amide bonds. The average Bonchev–Trinajstić information content (AvgIpc) is 3.16. The first kappa shape index (κ1) is 14.3. The van der Waals surface area contributed by atoms with E-state index in [1.807, 2.05) is 31.2 Å². The Morgan fingerprint density at radius 1 is 0.958 bits per heavy atom. The number of fused-ring (bicyclic) bond motifs is 1. The lowest BCUT2D eigenvalue weighted by Crippen LogP contribution is -2.29. The molecule has 0 unspecified atom stereocenters. The van der Waals surface area contributed by atoms with Crippen LogP contribution in [0.2, 0.25) is 0 Å². The number of aromatic nitrogens is 2. The van der Waals surface area contributed by atoms with Gasteiger partial charge in [0, 0.05) is 5.56 Å². The monoisotopic (exact) mass is 319 g/mol. The number of hydrogen-bond acceptors (Lipinski definition) is 5. The van der Waals surface area contributed by atoms with Gasteiger partial charge >= 0.3 is 0 Å². The van der Waals surface area contributed by atoms with E-state index in [1.165, 1.54) is 0 Å². The zero-order valence-electron chi connectivity index (χ0n) is 12.9. The minimum Gasteiger partial charge on any atom is -0.337 e. The van der Waals surface area contributed by atoms with Crippen molar-refractivity contribution >= 4 is 11.8 Å². The van der Waals surface area contributed by atoms with E-state index in [2.05, 4.69) is 10.1 Å². The highest BCUT2D eigenvalue weighted by Crippen LogP contribution is 2.24. The number of aryl methyl sites for hydroxylation is 1. The van der Waals surface area contributed by atoms with Crippen LogP contribution in [0.1, 0.15) is 32.2 Å². The van der Waals surface area contributed by atoms with E-state index in [-0.39, 0.29) is 24.2 Å². The van der Waals surface area contributed by atoms with Crippen molar-refractivity contribution in [2.24, 2.45) is 0 Å². The van der Waals surface area contributed by atoms with Gasteiger partial charge in [-0.3, -0.25) is 14.5 Å². The number of carbonyl (C=O) groups is 2. The van der Waals surface area contributed by atoms with Crippen LogP contribution >= 0.6 is 0 Å². The molecular weight excluding hydrogens is 306 g/mol. The Morgan fingerprint density at radius 3 is 2.21 bits per heavy atom. The van der Waals surface area contributed by atoms with Gasteiger partial charge in [-0.05, 0) is 19.1 Å². The summed E-state index contributed by atoms with van der Waals surface area (Å²) in [5.41, 5.74) is 2.76. The SMILES string of the molecule is Cc1ccc(-c2noc(CN3C(=O)c4ccccc4C3=O)n2)cc1. The predicted molar refractivity (Wildman–Crippen MR) is 85.1 cm³/mol. The molecule has 1 aliphatic heterocycles. The smallest absolute Gasteiger partial charge is 0.262 e. The van der Waals surface area contributed by atoms with Crippen LogP contribution in [0.5, 0.6) is 0 Å². The number of amides is 2. The van der Waals surface area contributed by atoms with Gasteiger partial charge in [0.1, 0.15) is 6.54 Å². The Balaban J connectivity index is 1.58. The molecule has 0 radical (unpaired) electrons. The van der Waals surface area contributed by atoms with Gasteiger partial charge in [0.25, 0.3) is 11.8 Å². The number of rotatable bonds is 3. The van der Waals surface area contributed by atoms with Gasteiger partial charge in [-0.2, -0.15) is 4.98 Å². The lowest BCUT2D eigenvalue weighted by Gasteiger charge is -2.09. The molecule has 6 nitrogen and oxygen atoms in total. The second-order valence-corrected chi connectivity index (χ2v) is 5.62. The molecule has 0 saturated heterocycles. The first-order chi connectivity index (χ1) is 11.6. The van der Waals surface area contributed by atoms with Crippen LogP contribution in [-0.2, 0) is 6.54 Å². The molecule has 0 N–H and O–H groups in total. The largest absolute Gasteiger partial charge is 0.337 e. The van der Waals surface area contributed by atoms with Crippen LogP contribution < -0.4 is 0 Å². The van der Waals surface area contributed by atoms with Crippen molar-refractivity contribution in [1.82, 2.24) is 15.0 Å². The molecule has 6 heteroatoms. The Kier molecular flexibility index (Phi) is 3.23. The summed E-state index contributed by atoms with van der Waals surface area (Å²) in [5, 5.41) is 3.92. The first-order valence-corrected chi connectivity index (χ1v) is 7.48. The number of hydrogen-bond donors (Lipinski definition) is 0. The van der Waals surface area contributed by atoms with Crippen LogP contribution in [0, 0.1) is 6.92 Å². The molecule has 0 bridgehead atoms. The van der Waals surface area contributed by atoms with Crippen LogP contribution in [-0.4, -0.2) is 26.9 Å². The van der Waals surface area contributed by atoms with Gasteiger partial charge in [0.2, 0.25) is 11.7 Å². The number of benzene rings is 2. The maximum atomic E-state index is 12.3. The summed E-state index contributed by atoms with van der Waals surface area (Å²) in [6.45, 7) is 1.96. The first-order valence-electron chi connectivity index (χ1n) is 7.48. The van der Waals surface area contributed by atoms with E-state index in [9.17, 15) is 9.59 Å². The fourth-order valence-electron chi connectivity index (χ4n) is 2.66. The van der Waals surface area contributed by atoms with Gasteiger partial charge in [-0.1, -0.05) is 47.1 Å². The second kappa shape index (κ2) is 5.42. The number of imide groups is 1. The second-order valence-electron chi connectivity index (χ2n) is 5.62. The highest BCUT2D eigenvalue weighted by atomic mass is 16.5. The van der Waals surface area contributed by atoms with Crippen molar-refractivity contribution in [2.45, 2.75) is 13.5 Å². The fourth-order valence-corrected chi connectivity index (χ4v) is 2.66. The van der Waals surface area contributed by atoms with E-state index in [0.717, 1.165) is 16.0 Å². The van der Waals surface area contributed by atoms with E-state index in [0.29, 0.717) is 17.0 Å². The maximum Gasteiger partial charge on any atom is 0.262 e. The van der Waals surface area contributed by atoms with Crippen molar-refractivity contribution in [1.29, 1.82) is 0 Å². The molecule has 0 saturated carbocycles. The third kappa shape index (κ3) is 2.28. The minimum atomic E-state index is -0.342. The normalized spacial score (nSPS) is 13.5. The van der Waals surface area contributed by atoms with Crippen molar-refractivity contribution in [3.8, 4) is 11.4 Å². The summed E-state index contributed by atoms with van der Waals surface area (Å²) in [6, 6.07) is 14.4. The van der Waals surface area contributed by atoms with E-state index in [4.69, 9.17) is 4.52 Å². The van der Waals surface area contributed by atoms with Crippen molar-refractivity contribution in [3.63, 3.8) is 0 Å². The summed E-state index contributed by atoms with van der Waals surface area (Å²) < 4.78 is 5.20. The molecule has 118 valence electrons. The zero-order chi connectivity index (χ0) is 16.7. The standard InChI is InChI=1S/C18H13N3O3/c1-11-6-8-12(9-7-11)16-19-15(24-20-16)10-21-17(22)13-4-2-3-5-14(13)18(21)23/h2-9H,10H2,1H3. The topological polar surface area (TPSA) is 76.3 Å². The molecule has 0 atom stereocenters. The highest BCUT2D eigenvalue weighted by Gasteiger charge is 2.36. The van der Waals surface area contributed by atoms with Crippen molar-refractivity contribution in [3.05, 3.63) is 71.1 Å². The average molecular weight is 319 g/mol. The maximum absolute atomic E-state index is 12.3. The lowest BCUT2D eigenvalue weighted by molar-refractivity contribution is 0.0625. The molecule has 0 aliphatic carbocycles. The van der Waals surface area contributed by atoms with E-state index < -0.39 is 0 Å². The summed E-state index contributed by atoms with van der Waals surface area (Å²) >= 11 is 0. The highest BCUT2D eigenvalue weighted by molar-refractivity contribution is 6.21. The van der Waals surface area contributed by atoms with Gasteiger partial charge in [0.05, 0.1) is 11.1 Å². The zero-order valence-corrected chi connectivity index (χ0v) is 12.9. The van der Waals surface area contributed by atoms with Crippen LogP contribution in [0.25, 0.3) is 11.4 Å². The molecular formula is C18H13N3O3. The Labute approximate surface area is 137 Å². The molecule has 1 aromatic heterocycles. The van der Waals surface area contributed by atoms with Gasteiger partial charge in [-0.15, -0.1) is 0 Å². The quantitative estimate of drug-likeness (QED) is 0.694. The molecule has 4 rings (SSSR count). The molecule has 24 heavy (non-hydrogen) atoms. The number of nitrogens with zero attached hydrogens (tertiary/aromatic N) is 3. The third-order valence-corrected chi connectivity index (χ3v) is 3.95. The molecule has 0 spiro atoms. The fraction of sp³-hybridized carbons (Fsp3) is 0.111. The Bertz CT molecular complexity index is 909. The summed E-state index contributed by atoms with van der Waals surface area (Å²) in [4.78, 5) is 30.1.